The quantitative estimate of drug-likeness (QED) is 0.773. The van der Waals surface area contributed by atoms with Crippen LogP contribution in [-0.2, 0) is 4.79 Å². The van der Waals surface area contributed by atoms with E-state index in [0.29, 0.717) is 13.0 Å². The van der Waals surface area contributed by atoms with Crippen molar-refractivity contribution in [3.63, 3.8) is 0 Å². The van der Waals surface area contributed by atoms with Crippen molar-refractivity contribution in [1.29, 1.82) is 0 Å². The third kappa shape index (κ3) is 3.16. The minimum Gasteiger partial charge on any atom is -0.339 e. The number of likely N-dealkylation sites (tertiary alicyclic amines) is 1. The van der Waals surface area contributed by atoms with Gasteiger partial charge in [0, 0.05) is 18.5 Å². The Morgan fingerprint density at radius 2 is 2.33 bits per heavy atom. The van der Waals surface area contributed by atoms with Crippen molar-refractivity contribution in [2.45, 2.75) is 45.3 Å². The van der Waals surface area contributed by atoms with Crippen molar-refractivity contribution < 1.29 is 9.18 Å². The second kappa shape index (κ2) is 5.45. The number of carbonyl (C=O) groups is 1. The van der Waals surface area contributed by atoms with Crippen molar-refractivity contribution in [1.82, 2.24) is 4.90 Å². The zero-order valence-electron chi connectivity index (χ0n) is 9.58. The molecular weight excluding hydrogens is 195 g/mol. The lowest BCUT2D eigenvalue weighted by Gasteiger charge is -2.34. The molecule has 0 bridgehead atoms. The lowest BCUT2D eigenvalue weighted by Crippen LogP contribution is -2.51. The van der Waals surface area contributed by atoms with Gasteiger partial charge in [-0.1, -0.05) is 20.3 Å². The summed E-state index contributed by atoms with van der Waals surface area (Å²) >= 11 is 0. The molecule has 2 N–H and O–H groups in total. The van der Waals surface area contributed by atoms with Gasteiger partial charge in [-0.05, 0) is 12.8 Å². The van der Waals surface area contributed by atoms with Crippen LogP contribution in [0.25, 0.3) is 0 Å². The van der Waals surface area contributed by atoms with Gasteiger partial charge in [0.15, 0.2) is 0 Å². The summed E-state index contributed by atoms with van der Waals surface area (Å²) in [6.07, 6.45) is 1.38. The van der Waals surface area contributed by atoms with Gasteiger partial charge in [0.1, 0.15) is 6.17 Å². The number of alkyl halides is 1. The van der Waals surface area contributed by atoms with Crippen LogP contribution >= 0.6 is 0 Å². The first kappa shape index (κ1) is 12.4. The van der Waals surface area contributed by atoms with Gasteiger partial charge >= 0.3 is 0 Å². The highest BCUT2D eigenvalue weighted by Crippen LogP contribution is 2.16. The number of carbonyl (C=O) groups excluding carboxylic acids is 1. The topological polar surface area (TPSA) is 46.3 Å². The molecule has 1 aliphatic heterocycles. The molecule has 0 aromatic heterocycles. The van der Waals surface area contributed by atoms with E-state index in [0.717, 1.165) is 12.8 Å². The zero-order chi connectivity index (χ0) is 11.4. The molecule has 0 saturated carbocycles. The molecule has 0 spiro atoms. The molecule has 1 heterocycles. The molecule has 3 atom stereocenters. The maximum atomic E-state index is 13.3. The molecule has 1 fully saturated rings. The molecule has 0 radical (unpaired) electrons. The Bertz CT molecular complexity index is 223. The summed E-state index contributed by atoms with van der Waals surface area (Å²) in [5.41, 5.74) is 5.56. The third-order valence-corrected chi connectivity index (χ3v) is 3.05. The first-order chi connectivity index (χ1) is 7.06. The van der Waals surface area contributed by atoms with E-state index in [2.05, 4.69) is 0 Å². The third-order valence-electron chi connectivity index (χ3n) is 3.05. The zero-order valence-corrected chi connectivity index (χ0v) is 9.58. The Labute approximate surface area is 90.8 Å². The van der Waals surface area contributed by atoms with Crippen LogP contribution in [0.1, 0.15) is 33.1 Å². The van der Waals surface area contributed by atoms with Crippen LogP contribution in [0.4, 0.5) is 4.39 Å². The van der Waals surface area contributed by atoms with Crippen LogP contribution in [0, 0.1) is 5.92 Å². The molecule has 3 nitrogen and oxygen atoms in total. The van der Waals surface area contributed by atoms with E-state index in [1.54, 1.807) is 4.90 Å². The molecule has 1 amide bonds. The number of amides is 1. The standard InChI is InChI=1S/C11H21FN2O/c1-3-4-8(2)11(15)14-6-5-10(13)9(12)7-14/h8-10H,3-7,13H2,1-2H3. The van der Waals surface area contributed by atoms with Crippen molar-refractivity contribution in [3.05, 3.63) is 0 Å². The number of nitrogens with zero attached hydrogens (tertiary/aromatic N) is 1. The Morgan fingerprint density at radius 3 is 2.87 bits per heavy atom. The number of halogens is 1. The largest absolute Gasteiger partial charge is 0.339 e. The van der Waals surface area contributed by atoms with Crippen LogP contribution in [0.5, 0.6) is 0 Å². The minimum absolute atomic E-state index is 0.0107. The number of nitrogens with two attached hydrogens (primary N) is 1. The second-order valence-corrected chi connectivity index (χ2v) is 4.44. The Balaban J connectivity index is 2.47. The van der Waals surface area contributed by atoms with Crippen molar-refractivity contribution >= 4 is 5.91 Å². The lowest BCUT2D eigenvalue weighted by atomic mass is 10.00. The smallest absolute Gasteiger partial charge is 0.225 e. The van der Waals surface area contributed by atoms with E-state index in [9.17, 15) is 9.18 Å². The predicted octanol–water partition coefficient (Wildman–Crippen LogP) is 1.32. The van der Waals surface area contributed by atoms with Crippen LogP contribution < -0.4 is 5.73 Å². The van der Waals surface area contributed by atoms with Gasteiger partial charge in [-0.2, -0.15) is 0 Å². The maximum Gasteiger partial charge on any atom is 0.225 e. The fourth-order valence-corrected chi connectivity index (χ4v) is 1.99. The summed E-state index contributed by atoms with van der Waals surface area (Å²) in [5, 5.41) is 0. The number of piperidine rings is 1. The molecular formula is C11H21FN2O. The number of hydrogen-bond donors (Lipinski definition) is 1. The van der Waals surface area contributed by atoms with Gasteiger partial charge in [0.2, 0.25) is 5.91 Å². The van der Waals surface area contributed by atoms with E-state index in [1.165, 1.54) is 0 Å². The summed E-state index contributed by atoms with van der Waals surface area (Å²) < 4.78 is 13.3. The molecule has 1 rings (SSSR count). The number of rotatable bonds is 3. The maximum absolute atomic E-state index is 13.3. The van der Waals surface area contributed by atoms with E-state index in [1.807, 2.05) is 13.8 Å². The monoisotopic (exact) mass is 216 g/mol. The van der Waals surface area contributed by atoms with Crippen LogP contribution in [0.3, 0.4) is 0 Å². The van der Waals surface area contributed by atoms with Gasteiger partial charge < -0.3 is 10.6 Å². The van der Waals surface area contributed by atoms with Crippen molar-refractivity contribution in [2.24, 2.45) is 11.7 Å². The fraction of sp³-hybridized carbons (Fsp3) is 0.909. The summed E-state index contributed by atoms with van der Waals surface area (Å²) in [7, 11) is 0. The second-order valence-electron chi connectivity index (χ2n) is 4.44. The first-order valence-electron chi connectivity index (χ1n) is 5.74. The molecule has 4 heteroatoms. The average molecular weight is 216 g/mol. The molecule has 88 valence electrons. The minimum atomic E-state index is -1.06. The first-order valence-corrected chi connectivity index (χ1v) is 5.74. The summed E-state index contributed by atoms with van der Waals surface area (Å²) in [5.74, 6) is 0.0860. The van der Waals surface area contributed by atoms with E-state index in [-0.39, 0.29) is 18.4 Å². The average Bonchev–Trinajstić information content (AvgIpc) is 2.21. The highest BCUT2D eigenvalue weighted by atomic mass is 19.1. The molecule has 1 aliphatic rings. The SMILES string of the molecule is CCCC(C)C(=O)N1CCC(N)C(F)C1. The van der Waals surface area contributed by atoms with Crippen LogP contribution in [0.2, 0.25) is 0 Å². The molecule has 1 saturated heterocycles. The Kier molecular flexibility index (Phi) is 4.51. The molecule has 0 aliphatic carbocycles. The predicted molar refractivity (Wildman–Crippen MR) is 58.1 cm³/mol. The summed E-state index contributed by atoms with van der Waals surface area (Å²) in [4.78, 5) is 13.5. The van der Waals surface area contributed by atoms with Gasteiger partial charge in [-0.3, -0.25) is 4.79 Å². The highest BCUT2D eigenvalue weighted by Gasteiger charge is 2.30. The summed E-state index contributed by atoms with van der Waals surface area (Å²) in [6.45, 7) is 4.74. The van der Waals surface area contributed by atoms with Gasteiger partial charge in [-0.15, -0.1) is 0 Å². The van der Waals surface area contributed by atoms with Crippen LogP contribution in [-0.4, -0.2) is 36.1 Å². The molecule has 0 aromatic carbocycles. The van der Waals surface area contributed by atoms with Crippen molar-refractivity contribution in [2.75, 3.05) is 13.1 Å². The van der Waals surface area contributed by atoms with Gasteiger partial charge in [-0.25, -0.2) is 4.39 Å². The molecule has 0 aromatic rings. The Hall–Kier alpha value is -0.640. The van der Waals surface area contributed by atoms with E-state index < -0.39 is 12.2 Å². The number of hydrogen-bond acceptors (Lipinski definition) is 2. The summed E-state index contributed by atoms with van der Waals surface area (Å²) in [6, 6.07) is -0.393. The Morgan fingerprint density at radius 1 is 1.67 bits per heavy atom. The highest BCUT2D eigenvalue weighted by molar-refractivity contribution is 5.78. The molecule has 15 heavy (non-hydrogen) atoms. The van der Waals surface area contributed by atoms with Gasteiger partial charge in [0.05, 0.1) is 6.54 Å². The van der Waals surface area contributed by atoms with Crippen LogP contribution in [0.15, 0.2) is 0 Å². The van der Waals surface area contributed by atoms with Crippen molar-refractivity contribution in [3.8, 4) is 0 Å². The lowest BCUT2D eigenvalue weighted by molar-refractivity contribution is -0.137. The van der Waals surface area contributed by atoms with E-state index in [4.69, 9.17) is 5.73 Å². The van der Waals surface area contributed by atoms with Gasteiger partial charge in [0.25, 0.3) is 0 Å². The fourth-order valence-electron chi connectivity index (χ4n) is 1.99. The van der Waals surface area contributed by atoms with E-state index >= 15 is 0 Å². The molecule has 3 unspecified atom stereocenters. The normalized spacial score (nSPS) is 28.9.